The van der Waals surface area contributed by atoms with E-state index in [0.717, 1.165) is 27.6 Å². The van der Waals surface area contributed by atoms with Gasteiger partial charge in [0.1, 0.15) is 10.8 Å². The first-order valence-electron chi connectivity index (χ1n) is 10.9. The first-order chi connectivity index (χ1) is 14.9. The molecule has 1 heterocycles. The number of thiazole rings is 1. The largest absolute Gasteiger partial charge is 0.493 e. The Bertz CT molecular complexity index is 993. The van der Waals surface area contributed by atoms with E-state index in [1.165, 1.54) is 16.9 Å². The lowest BCUT2D eigenvalue weighted by atomic mass is 9.93. The highest BCUT2D eigenvalue weighted by atomic mass is 32.1. The first-order valence-corrected chi connectivity index (χ1v) is 11.8. The van der Waals surface area contributed by atoms with Crippen molar-refractivity contribution in [3.8, 4) is 16.3 Å². The lowest BCUT2D eigenvalue weighted by Crippen LogP contribution is -2.32. The maximum absolute atomic E-state index is 12.8. The van der Waals surface area contributed by atoms with Gasteiger partial charge < -0.3 is 10.1 Å². The van der Waals surface area contributed by atoms with Crippen LogP contribution in [0, 0.1) is 5.92 Å². The molecule has 164 valence electrons. The van der Waals surface area contributed by atoms with Gasteiger partial charge in [-0.15, -0.1) is 11.3 Å². The van der Waals surface area contributed by atoms with E-state index in [4.69, 9.17) is 9.72 Å². The molecule has 3 aromatic rings. The summed E-state index contributed by atoms with van der Waals surface area (Å²) in [4.78, 5) is 17.5. The van der Waals surface area contributed by atoms with Gasteiger partial charge in [-0.3, -0.25) is 4.79 Å². The number of amides is 1. The molecule has 1 atom stereocenters. The summed E-state index contributed by atoms with van der Waals surface area (Å²) in [5, 5.41) is 6.04. The number of benzene rings is 2. The summed E-state index contributed by atoms with van der Waals surface area (Å²) in [7, 11) is 0. The fourth-order valence-corrected chi connectivity index (χ4v) is 4.40. The molecule has 31 heavy (non-hydrogen) atoms. The Morgan fingerprint density at radius 1 is 1.03 bits per heavy atom. The summed E-state index contributed by atoms with van der Waals surface area (Å²) < 4.78 is 5.72. The topological polar surface area (TPSA) is 51.2 Å². The number of hydrogen-bond acceptors (Lipinski definition) is 4. The van der Waals surface area contributed by atoms with Crippen molar-refractivity contribution in [2.45, 2.75) is 53.0 Å². The highest BCUT2D eigenvalue weighted by Crippen LogP contribution is 2.32. The zero-order valence-corrected chi connectivity index (χ0v) is 19.8. The maximum atomic E-state index is 12.8. The Kier molecular flexibility index (Phi) is 7.85. The molecule has 1 aromatic heterocycles. The van der Waals surface area contributed by atoms with Crippen molar-refractivity contribution in [2.24, 2.45) is 5.92 Å². The van der Waals surface area contributed by atoms with Crippen molar-refractivity contribution in [1.29, 1.82) is 0 Å². The van der Waals surface area contributed by atoms with Crippen molar-refractivity contribution in [1.82, 2.24) is 10.3 Å². The highest BCUT2D eigenvalue weighted by molar-refractivity contribution is 7.13. The molecule has 1 unspecified atom stereocenters. The zero-order chi connectivity index (χ0) is 22.4. The fourth-order valence-electron chi connectivity index (χ4n) is 3.55. The Balaban J connectivity index is 1.70. The minimum absolute atomic E-state index is 0.0124. The predicted octanol–water partition coefficient (Wildman–Crippen LogP) is 6.39. The normalized spacial score (nSPS) is 12.2. The third-order valence-electron chi connectivity index (χ3n) is 5.26. The molecule has 0 aliphatic heterocycles. The van der Waals surface area contributed by atoms with Crippen molar-refractivity contribution in [2.75, 3.05) is 6.61 Å². The molecule has 0 saturated carbocycles. The molecule has 0 radical (unpaired) electrons. The molecule has 2 aromatic carbocycles. The van der Waals surface area contributed by atoms with Crippen LogP contribution in [0.5, 0.6) is 5.75 Å². The van der Waals surface area contributed by atoms with Crippen LogP contribution >= 0.6 is 11.3 Å². The van der Waals surface area contributed by atoms with Crippen LogP contribution in [0.25, 0.3) is 10.6 Å². The SMILES string of the molecule is CCOc1ccccc1-c1nc(CC(=O)NC(c2ccc(C(C)C)cc2)C(C)C)cs1. The van der Waals surface area contributed by atoms with E-state index in [9.17, 15) is 4.79 Å². The predicted molar refractivity (Wildman–Crippen MR) is 129 cm³/mol. The van der Waals surface area contributed by atoms with Gasteiger partial charge in [0.15, 0.2) is 0 Å². The molecule has 0 spiro atoms. The van der Waals surface area contributed by atoms with Crippen LogP contribution in [0.1, 0.15) is 63.4 Å². The molecule has 3 rings (SSSR count). The molecule has 0 aliphatic rings. The van der Waals surface area contributed by atoms with E-state index < -0.39 is 0 Å². The number of carbonyl (C=O) groups is 1. The Morgan fingerprint density at radius 3 is 2.35 bits per heavy atom. The Labute approximate surface area is 189 Å². The van der Waals surface area contributed by atoms with Gasteiger partial charge in [0.2, 0.25) is 5.91 Å². The summed E-state index contributed by atoms with van der Waals surface area (Å²) in [6.07, 6.45) is 0.264. The molecule has 1 N–H and O–H groups in total. The number of aromatic nitrogens is 1. The second-order valence-electron chi connectivity index (χ2n) is 8.36. The molecule has 0 aliphatic carbocycles. The third kappa shape index (κ3) is 5.95. The van der Waals surface area contributed by atoms with Crippen LogP contribution in [0.4, 0.5) is 0 Å². The number of nitrogens with zero attached hydrogens (tertiary/aromatic N) is 1. The second-order valence-corrected chi connectivity index (χ2v) is 9.22. The molecule has 4 nitrogen and oxygen atoms in total. The summed E-state index contributed by atoms with van der Waals surface area (Å²) in [5.41, 5.74) is 4.19. The van der Waals surface area contributed by atoms with E-state index in [-0.39, 0.29) is 24.3 Å². The molecule has 0 saturated heterocycles. The first kappa shape index (κ1) is 23.0. The minimum Gasteiger partial charge on any atom is -0.493 e. The van der Waals surface area contributed by atoms with Gasteiger partial charge in [0.05, 0.1) is 30.3 Å². The monoisotopic (exact) mass is 436 g/mol. The van der Waals surface area contributed by atoms with Crippen molar-refractivity contribution >= 4 is 17.2 Å². The minimum atomic E-state index is -0.0227. The molecule has 0 bridgehead atoms. The van der Waals surface area contributed by atoms with E-state index in [1.807, 2.05) is 36.6 Å². The molecule has 5 heteroatoms. The van der Waals surface area contributed by atoms with E-state index in [0.29, 0.717) is 12.5 Å². The molecule has 1 amide bonds. The lowest BCUT2D eigenvalue weighted by molar-refractivity contribution is -0.121. The van der Waals surface area contributed by atoms with Crippen LogP contribution in [-0.4, -0.2) is 17.5 Å². The van der Waals surface area contributed by atoms with Gasteiger partial charge >= 0.3 is 0 Å². The van der Waals surface area contributed by atoms with E-state index in [1.54, 1.807) is 0 Å². The molecule has 0 fully saturated rings. The fraction of sp³-hybridized carbons (Fsp3) is 0.385. The average Bonchev–Trinajstić information content (AvgIpc) is 3.20. The van der Waals surface area contributed by atoms with Gasteiger partial charge in [-0.05, 0) is 42.0 Å². The smallest absolute Gasteiger partial charge is 0.226 e. The van der Waals surface area contributed by atoms with Crippen molar-refractivity contribution < 1.29 is 9.53 Å². The van der Waals surface area contributed by atoms with E-state index in [2.05, 4.69) is 57.3 Å². The van der Waals surface area contributed by atoms with Gasteiger partial charge in [-0.1, -0.05) is 64.1 Å². The van der Waals surface area contributed by atoms with Crippen molar-refractivity contribution in [3.05, 3.63) is 70.7 Å². The van der Waals surface area contributed by atoms with E-state index >= 15 is 0 Å². The van der Waals surface area contributed by atoms with Crippen LogP contribution < -0.4 is 10.1 Å². The summed E-state index contributed by atoms with van der Waals surface area (Å²) in [6, 6.07) is 16.4. The number of rotatable bonds is 9. The summed E-state index contributed by atoms with van der Waals surface area (Å²) in [5.74, 6) is 1.59. The van der Waals surface area contributed by atoms with Gasteiger partial charge in [-0.25, -0.2) is 4.98 Å². The number of para-hydroxylation sites is 1. The standard InChI is InChI=1S/C26H32N2O2S/c1-6-30-23-10-8-7-9-22(23)26-27-21(16-31-26)15-24(29)28-25(18(4)5)20-13-11-19(12-14-20)17(2)3/h7-14,16-18,25H,6,15H2,1-5H3,(H,28,29). The number of hydrogen-bond donors (Lipinski definition) is 1. The molecular weight excluding hydrogens is 404 g/mol. The van der Waals surface area contributed by atoms with Crippen molar-refractivity contribution in [3.63, 3.8) is 0 Å². The number of carbonyl (C=O) groups excluding carboxylic acids is 1. The van der Waals surface area contributed by atoms with Gasteiger partial charge in [-0.2, -0.15) is 0 Å². The number of nitrogens with one attached hydrogen (secondary N) is 1. The maximum Gasteiger partial charge on any atom is 0.226 e. The summed E-state index contributed by atoms with van der Waals surface area (Å²) >= 11 is 1.54. The lowest BCUT2D eigenvalue weighted by Gasteiger charge is -2.23. The zero-order valence-electron chi connectivity index (χ0n) is 19.0. The second kappa shape index (κ2) is 10.6. The van der Waals surface area contributed by atoms with Gasteiger partial charge in [0.25, 0.3) is 0 Å². The number of ether oxygens (including phenoxy) is 1. The third-order valence-corrected chi connectivity index (χ3v) is 6.18. The average molecular weight is 437 g/mol. The van der Waals surface area contributed by atoms with Crippen LogP contribution in [-0.2, 0) is 11.2 Å². The highest BCUT2D eigenvalue weighted by Gasteiger charge is 2.20. The van der Waals surface area contributed by atoms with Crippen LogP contribution in [0.3, 0.4) is 0 Å². The Morgan fingerprint density at radius 2 is 1.71 bits per heavy atom. The van der Waals surface area contributed by atoms with Crippen LogP contribution in [0.2, 0.25) is 0 Å². The van der Waals surface area contributed by atoms with Crippen LogP contribution in [0.15, 0.2) is 53.9 Å². The quantitative estimate of drug-likeness (QED) is 0.423. The summed E-state index contributed by atoms with van der Waals surface area (Å²) in [6.45, 7) is 11.2. The van der Waals surface area contributed by atoms with Gasteiger partial charge in [0, 0.05) is 5.38 Å². The molecular formula is C26H32N2O2S. The Hall–Kier alpha value is -2.66.